The van der Waals surface area contributed by atoms with Crippen LogP contribution in [0, 0.1) is 13.8 Å². The fourth-order valence-corrected chi connectivity index (χ4v) is 3.77. The SMILES string of the molecule is Cc1ccc(C2OC(CO)C3OC(c4ccc(Cl)c(Cl)c4)OCC3O2)cc1C. The van der Waals surface area contributed by atoms with Gasteiger partial charge in [-0.3, -0.25) is 0 Å². The number of ether oxygens (including phenoxy) is 4. The number of fused-ring (bicyclic) bond motifs is 1. The lowest BCUT2D eigenvalue weighted by Crippen LogP contribution is -2.55. The molecule has 0 bridgehead atoms. The van der Waals surface area contributed by atoms with E-state index in [-0.39, 0.29) is 12.7 Å². The predicted octanol–water partition coefficient (Wildman–Crippen LogP) is 4.50. The molecule has 5 atom stereocenters. The van der Waals surface area contributed by atoms with Gasteiger partial charge in [-0.25, -0.2) is 0 Å². The van der Waals surface area contributed by atoms with Crippen LogP contribution in [0.4, 0.5) is 0 Å². The van der Waals surface area contributed by atoms with Crippen LogP contribution < -0.4 is 0 Å². The van der Waals surface area contributed by atoms with Gasteiger partial charge in [-0.05, 0) is 37.1 Å². The minimum absolute atomic E-state index is 0.181. The lowest BCUT2D eigenvalue weighted by atomic mass is 10.0. The van der Waals surface area contributed by atoms with Crippen molar-refractivity contribution in [3.63, 3.8) is 0 Å². The Balaban J connectivity index is 1.52. The number of rotatable bonds is 3. The van der Waals surface area contributed by atoms with Crippen LogP contribution in [0.3, 0.4) is 0 Å². The quantitative estimate of drug-likeness (QED) is 0.785. The lowest BCUT2D eigenvalue weighted by Gasteiger charge is -2.45. The first-order chi connectivity index (χ1) is 13.5. The van der Waals surface area contributed by atoms with Crippen molar-refractivity contribution in [1.29, 1.82) is 0 Å². The number of hydrogen-bond donors (Lipinski definition) is 1. The van der Waals surface area contributed by atoms with E-state index in [1.165, 1.54) is 5.56 Å². The Morgan fingerprint density at radius 3 is 2.36 bits per heavy atom. The van der Waals surface area contributed by atoms with E-state index in [0.29, 0.717) is 16.7 Å². The number of hydrogen-bond acceptors (Lipinski definition) is 5. The zero-order valence-corrected chi connectivity index (χ0v) is 17.1. The fraction of sp³-hybridized carbons (Fsp3) is 0.429. The van der Waals surface area contributed by atoms with Crippen molar-refractivity contribution in [1.82, 2.24) is 0 Å². The molecule has 4 rings (SSSR count). The third-order valence-electron chi connectivity index (χ3n) is 5.22. The molecule has 1 N–H and O–H groups in total. The second kappa shape index (κ2) is 8.28. The summed E-state index contributed by atoms with van der Waals surface area (Å²) in [6, 6.07) is 11.3. The summed E-state index contributed by atoms with van der Waals surface area (Å²) in [5, 5.41) is 10.8. The van der Waals surface area contributed by atoms with Crippen LogP contribution in [0.5, 0.6) is 0 Å². The monoisotopic (exact) mass is 424 g/mol. The third-order valence-corrected chi connectivity index (χ3v) is 5.96. The smallest absolute Gasteiger partial charge is 0.184 e. The largest absolute Gasteiger partial charge is 0.394 e. The standard InChI is InChI=1S/C21H22Cl2O5/c1-11-3-4-13(7-12(11)2)21-26-17(9-24)19-18(27-21)10-25-20(28-19)14-5-6-15(22)16(23)8-14/h3-8,17-21,24H,9-10H2,1-2H3. The molecule has 2 aromatic rings. The van der Waals surface area contributed by atoms with Crippen LogP contribution in [0.15, 0.2) is 36.4 Å². The second-order valence-corrected chi connectivity index (χ2v) is 7.96. The summed E-state index contributed by atoms with van der Waals surface area (Å²) in [6.45, 7) is 4.24. The summed E-state index contributed by atoms with van der Waals surface area (Å²) in [5.41, 5.74) is 4.01. The van der Waals surface area contributed by atoms with E-state index in [1.807, 2.05) is 25.1 Å². The molecule has 0 radical (unpaired) electrons. The molecular formula is C21H22Cl2O5. The first kappa shape index (κ1) is 20.1. The van der Waals surface area contributed by atoms with Crippen molar-refractivity contribution in [2.24, 2.45) is 0 Å². The van der Waals surface area contributed by atoms with Crippen molar-refractivity contribution in [2.45, 2.75) is 44.7 Å². The highest BCUT2D eigenvalue weighted by Crippen LogP contribution is 2.39. The zero-order valence-electron chi connectivity index (χ0n) is 15.6. The van der Waals surface area contributed by atoms with Gasteiger partial charge in [-0.15, -0.1) is 0 Å². The summed E-state index contributed by atoms with van der Waals surface area (Å²) in [5.74, 6) is 0. The number of benzene rings is 2. The Morgan fingerprint density at radius 1 is 0.893 bits per heavy atom. The van der Waals surface area contributed by atoms with E-state index < -0.39 is 24.8 Å². The minimum atomic E-state index is -0.629. The van der Waals surface area contributed by atoms with Gasteiger partial charge in [0.2, 0.25) is 0 Å². The molecule has 5 nitrogen and oxygen atoms in total. The molecule has 2 heterocycles. The van der Waals surface area contributed by atoms with Crippen molar-refractivity contribution in [3.05, 3.63) is 68.7 Å². The van der Waals surface area contributed by atoms with Gasteiger partial charge >= 0.3 is 0 Å². The molecule has 7 heteroatoms. The molecule has 0 spiro atoms. The maximum absolute atomic E-state index is 9.89. The Bertz CT molecular complexity index is 851. The summed E-state index contributed by atoms with van der Waals surface area (Å²) in [4.78, 5) is 0. The summed E-state index contributed by atoms with van der Waals surface area (Å²) in [6.07, 6.45) is -2.54. The van der Waals surface area contributed by atoms with E-state index in [4.69, 9.17) is 42.1 Å². The lowest BCUT2D eigenvalue weighted by molar-refractivity contribution is -0.366. The number of aliphatic hydroxyl groups excluding tert-OH is 1. The van der Waals surface area contributed by atoms with E-state index >= 15 is 0 Å². The molecule has 0 aromatic heterocycles. The van der Waals surface area contributed by atoms with Crippen LogP contribution in [0.1, 0.15) is 34.8 Å². The molecule has 28 heavy (non-hydrogen) atoms. The van der Waals surface area contributed by atoms with Gasteiger partial charge in [-0.2, -0.15) is 0 Å². The second-order valence-electron chi connectivity index (χ2n) is 7.15. The van der Waals surface area contributed by atoms with Crippen LogP contribution >= 0.6 is 23.2 Å². The van der Waals surface area contributed by atoms with Crippen LogP contribution in [-0.2, 0) is 18.9 Å². The summed E-state index contributed by atoms with van der Waals surface area (Å²) < 4.78 is 24.0. The Kier molecular flexibility index (Phi) is 5.95. The van der Waals surface area contributed by atoms with E-state index in [0.717, 1.165) is 16.7 Å². The van der Waals surface area contributed by atoms with Crippen molar-refractivity contribution in [3.8, 4) is 0 Å². The fourth-order valence-electron chi connectivity index (χ4n) is 3.47. The van der Waals surface area contributed by atoms with E-state index in [2.05, 4.69) is 6.92 Å². The van der Waals surface area contributed by atoms with Crippen LogP contribution in [0.2, 0.25) is 10.0 Å². The van der Waals surface area contributed by atoms with Gasteiger partial charge in [-0.1, -0.05) is 47.5 Å². The third kappa shape index (κ3) is 3.94. The molecular weight excluding hydrogens is 403 g/mol. The highest BCUT2D eigenvalue weighted by Gasteiger charge is 2.45. The van der Waals surface area contributed by atoms with Crippen molar-refractivity contribution >= 4 is 23.2 Å². The van der Waals surface area contributed by atoms with Gasteiger partial charge < -0.3 is 24.1 Å². The van der Waals surface area contributed by atoms with E-state index in [9.17, 15) is 5.11 Å². The Labute approximate surface area is 174 Å². The van der Waals surface area contributed by atoms with Gasteiger partial charge in [0.1, 0.15) is 18.3 Å². The zero-order chi connectivity index (χ0) is 19.8. The Hall–Kier alpha value is -1.18. The van der Waals surface area contributed by atoms with Crippen LogP contribution in [0.25, 0.3) is 0 Å². The molecule has 5 unspecified atom stereocenters. The first-order valence-electron chi connectivity index (χ1n) is 9.17. The topological polar surface area (TPSA) is 57.2 Å². The number of halogens is 2. The summed E-state index contributed by atoms with van der Waals surface area (Å²) in [7, 11) is 0. The summed E-state index contributed by atoms with van der Waals surface area (Å²) >= 11 is 12.1. The molecule has 0 aliphatic carbocycles. The number of aryl methyl sites for hydroxylation is 2. The van der Waals surface area contributed by atoms with Crippen molar-refractivity contribution < 1.29 is 24.1 Å². The van der Waals surface area contributed by atoms with Gasteiger partial charge in [0, 0.05) is 11.1 Å². The highest BCUT2D eigenvalue weighted by atomic mass is 35.5. The molecule has 2 aliphatic heterocycles. The van der Waals surface area contributed by atoms with Crippen molar-refractivity contribution in [2.75, 3.05) is 13.2 Å². The first-order valence-corrected chi connectivity index (χ1v) is 9.93. The molecule has 150 valence electrons. The molecule has 2 fully saturated rings. The van der Waals surface area contributed by atoms with E-state index in [1.54, 1.807) is 18.2 Å². The normalized spacial score (nSPS) is 30.1. The van der Waals surface area contributed by atoms with Crippen LogP contribution in [-0.4, -0.2) is 36.6 Å². The van der Waals surface area contributed by atoms with Gasteiger partial charge in [0.25, 0.3) is 0 Å². The van der Waals surface area contributed by atoms with Gasteiger partial charge in [0.05, 0.1) is 23.3 Å². The predicted molar refractivity (Wildman–Crippen MR) is 106 cm³/mol. The average molecular weight is 425 g/mol. The highest BCUT2D eigenvalue weighted by molar-refractivity contribution is 6.42. The molecule has 0 amide bonds. The minimum Gasteiger partial charge on any atom is -0.394 e. The Morgan fingerprint density at radius 2 is 1.64 bits per heavy atom. The number of aliphatic hydroxyl groups is 1. The average Bonchev–Trinajstić information content (AvgIpc) is 2.70. The molecule has 0 saturated carbocycles. The van der Waals surface area contributed by atoms with Gasteiger partial charge in [0.15, 0.2) is 12.6 Å². The maximum atomic E-state index is 9.89. The molecule has 2 aliphatic rings. The molecule has 2 saturated heterocycles. The maximum Gasteiger partial charge on any atom is 0.184 e. The molecule has 2 aromatic carbocycles.